The Morgan fingerprint density at radius 2 is 2.43 bits per heavy atom. The van der Waals surface area contributed by atoms with Crippen LogP contribution in [0.1, 0.15) is 39.0 Å². The number of carbonyl (C=O) groups excluding carboxylic acids is 1. The Balaban J connectivity index is 2.22. The summed E-state index contributed by atoms with van der Waals surface area (Å²) in [6.07, 6.45) is 6.84. The van der Waals surface area contributed by atoms with Gasteiger partial charge in [-0.15, -0.1) is 0 Å². The van der Waals surface area contributed by atoms with Gasteiger partial charge in [0.2, 0.25) is 5.91 Å². The van der Waals surface area contributed by atoms with Gasteiger partial charge in [0.15, 0.2) is 0 Å². The Labute approximate surface area is 85.2 Å². The number of amides is 1. The van der Waals surface area contributed by atoms with Crippen molar-refractivity contribution in [3.8, 4) is 0 Å². The third-order valence-electron chi connectivity index (χ3n) is 2.37. The van der Waals surface area contributed by atoms with Gasteiger partial charge in [-0.05, 0) is 32.6 Å². The van der Waals surface area contributed by atoms with Crippen molar-refractivity contribution in [1.29, 1.82) is 0 Å². The third-order valence-corrected chi connectivity index (χ3v) is 2.37. The molecule has 0 saturated carbocycles. The fraction of sp³-hybridized carbons (Fsp3) is 0.727. The molecule has 0 unspecified atom stereocenters. The highest BCUT2D eigenvalue weighted by molar-refractivity contribution is 5.78. The van der Waals surface area contributed by atoms with Crippen LogP contribution in [0.15, 0.2) is 11.6 Å². The molecule has 0 aromatic rings. The lowest BCUT2D eigenvalue weighted by Gasteiger charge is -2.13. The number of allylic oxidation sites excluding steroid dienone is 1. The number of hydrogen-bond donors (Lipinski definition) is 2. The van der Waals surface area contributed by atoms with Crippen LogP contribution in [0.3, 0.4) is 0 Å². The molecule has 0 aromatic carbocycles. The smallest absolute Gasteiger partial charge is 0.224 e. The molecule has 14 heavy (non-hydrogen) atoms. The molecular weight excluding hydrogens is 178 g/mol. The van der Waals surface area contributed by atoms with Crippen molar-refractivity contribution in [2.75, 3.05) is 6.54 Å². The van der Waals surface area contributed by atoms with Crippen molar-refractivity contribution < 1.29 is 9.90 Å². The predicted molar refractivity (Wildman–Crippen MR) is 55.9 cm³/mol. The molecule has 3 heteroatoms. The van der Waals surface area contributed by atoms with Crippen LogP contribution >= 0.6 is 0 Å². The first-order valence-electron chi connectivity index (χ1n) is 5.31. The molecule has 1 rings (SSSR count). The van der Waals surface area contributed by atoms with E-state index in [1.165, 1.54) is 18.4 Å². The summed E-state index contributed by atoms with van der Waals surface area (Å²) in [6, 6.07) is 0. The third kappa shape index (κ3) is 4.42. The summed E-state index contributed by atoms with van der Waals surface area (Å²) in [5.41, 5.74) is 1.25. The van der Waals surface area contributed by atoms with E-state index >= 15 is 0 Å². The maximum Gasteiger partial charge on any atom is 0.224 e. The molecule has 3 nitrogen and oxygen atoms in total. The molecule has 80 valence electrons. The van der Waals surface area contributed by atoms with Gasteiger partial charge < -0.3 is 10.4 Å². The van der Waals surface area contributed by atoms with Crippen molar-refractivity contribution in [3.05, 3.63) is 11.6 Å². The van der Waals surface area contributed by atoms with Gasteiger partial charge in [0, 0.05) is 13.0 Å². The minimum Gasteiger partial charge on any atom is -0.392 e. The highest BCUT2D eigenvalue weighted by Crippen LogP contribution is 2.19. The summed E-state index contributed by atoms with van der Waals surface area (Å²) < 4.78 is 0. The standard InChI is InChI=1S/C11H19NO2/c1-9(13)8-12-11(14)7-10-5-3-2-4-6-10/h5,9,13H,2-4,6-8H2,1H3,(H,12,14)/t9-/m0/s1. The summed E-state index contributed by atoms with van der Waals surface area (Å²) in [5, 5.41) is 11.7. The topological polar surface area (TPSA) is 49.3 Å². The van der Waals surface area contributed by atoms with E-state index in [0.717, 1.165) is 12.8 Å². The van der Waals surface area contributed by atoms with Gasteiger partial charge in [0.25, 0.3) is 0 Å². The monoisotopic (exact) mass is 197 g/mol. The molecule has 0 heterocycles. The minimum atomic E-state index is -0.459. The first-order valence-corrected chi connectivity index (χ1v) is 5.31. The van der Waals surface area contributed by atoms with E-state index in [0.29, 0.717) is 13.0 Å². The lowest BCUT2D eigenvalue weighted by Crippen LogP contribution is -2.30. The van der Waals surface area contributed by atoms with E-state index in [2.05, 4.69) is 11.4 Å². The van der Waals surface area contributed by atoms with Crippen LogP contribution in [0.25, 0.3) is 0 Å². The summed E-state index contributed by atoms with van der Waals surface area (Å²) in [7, 11) is 0. The van der Waals surface area contributed by atoms with Gasteiger partial charge in [-0.25, -0.2) is 0 Å². The summed E-state index contributed by atoms with van der Waals surface area (Å²) in [6.45, 7) is 2.02. The second-order valence-electron chi connectivity index (χ2n) is 3.94. The number of aliphatic hydroxyl groups excluding tert-OH is 1. The van der Waals surface area contributed by atoms with Crippen LogP contribution in [0, 0.1) is 0 Å². The fourth-order valence-electron chi connectivity index (χ4n) is 1.60. The first-order chi connectivity index (χ1) is 6.68. The summed E-state index contributed by atoms with van der Waals surface area (Å²) >= 11 is 0. The van der Waals surface area contributed by atoms with E-state index in [-0.39, 0.29) is 5.91 Å². The molecule has 0 aromatic heterocycles. The quantitative estimate of drug-likeness (QED) is 0.669. The number of hydrogen-bond acceptors (Lipinski definition) is 2. The highest BCUT2D eigenvalue weighted by atomic mass is 16.3. The van der Waals surface area contributed by atoms with E-state index in [1.54, 1.807) is 6.92 Å². The highest BCUT2D eigenvalue weighted by Gasteiger charge is 2.08. The summed E-state index contributed by atoms with van der Waals surface area (Å²) in [5.74, 6) is 0.0269. The van der Waals surface area contributed by atoms with Crippen molar-refractivity contribution in [2.45, 2.75) is 45.1 Å². The maximum atomic E-state index is 11.4. The average Bonchev–Trinajstić information content (AvgIpc) is 2.16. The van der Waals surface area contributed by atoms with Gasteiger partial charge in [-0.3, -0.25) is 4.79 Å². The second kappa shape index (κ2) is 5.81. The van der Waals surface area contributed by atoms with Gasteiger partial charge in [-0.1, -0.05) is 11.6 Å². The zero-order valence-electron chi connectivity index (χ0n) is 8.75. The molecule has 1 aliphatic carbocycles. The zero-order chi connectivity index (χ0) is 10.4. The molecule has 0 saturated heterocycles. The van der Waals surface area contributed by atoms with Crippen LogP contribution in [0.4, 0.5) is 0 Å². The minimum absolute atomic E-state index is 0.0269. The van der Waals surface area contributed by atoms with E-state index < -0.39 is 6.10 Å². The van der Waals surface area contributed by atoms with Crippen LogP contribution in [0.5, 0.6) is 0 Å². The molecule has 0 bridgehead atoms. The van der Waals surface area contributed by atoms with Crippen LogP contribution < -0.4 is 5.32 Å². The van der Waals surface area contributed by atoms with Crippen LogP contribution in [-0.2, 0) is 4.79 Å². The van der Waals surface area contributed by atoms with E-state index in [1.807, 2.05) is 0 Å². The fourth-order valence-corrected chi connectivity index (χ4v) is 1.60. The second-order valence-corrected chi connectivity index (χ2v) is 3.94. The van der Waals surface area contributed by atoms with Gasteiger partial charge in [0.1, 0.15) is 0 Å². The Bertz CT molecular complexity index is 221. The van der Waals surface area contributed by atoms with Crippen LogP contribution in [0.2, 0.25) is 0 Å². The molecule has 1 aliphatic rings. The normalized spacial score (nSPS) is 18.6. The Morgan fingerprint density at radius 1 is 1.64 bits per heavy atom. The molecule has 0 aliphatic heterocycles. The summed E-state index contributed by atoms with van der Waals surface area (Å²) in [4.78, 5) is 11.4. The lowest BCUT2D eigenvalue weighted by molar-refractivity contribution is -0.120. The lowest BCUT2D eigenvalue weighted by atomic mass is 9.97. The average molecular weight is 197 g/mol. The van der Waals surface area contributed by atoms with Crippen molar-refractivity contribution >= 4 is 5.91 Å². The Kier molecular flexibility index (Phi) is 4.66. The first kappa shape index (κ1) is 11.2. The Hall–Kier alpha value is -0.830. The largest absolute Gasteiger partial charge is 0.392 e. The number of carbonyl (C=O) groups is 1. The molecule has 0 spiro atoms. The van der Waals surface area contributed by atoms with Gasteiger partial charge >= 0.3 is 0 Å². The molecule has 2 N–H and O–H groups in total. The van der Waals surface area contributed by atoms with Crippen molar-refractivity contribution in [2.24, 2.45) is 0 Å². The van der Waals surface area contributed by atoms with Crippen LogP contribution in [-0.4, -0.2) is 23.7 Å². The van der Waals surface area contributed by atoms with E-state index in [9.17, 15) is 4.79 Å². The Morgan fingerprint density at radius 3 is 3.00 bits per heavy atom. The SMILES string of the molecule is C[C@H](O)CNC(=O)CC1=CCCCC1. The molecular formula is C11H19NO2. The molecule has 1 amide bonds. The number of rotatable bonds is 4. The van der Waals surface area contributed by atoms with Gasteiger partial charge in [-0.2, -0.15) is 0 Å². The molecule has 0 fully saturated rings. The van der Waals surface area contributed by atoms with Gasteiger partial charge in [0.05, 0.1) is 6.10 Å². The number of aliphatic hydroxyl groups is 1. The molecule has 0 radical (unpaired) electrons. The maximum absolute atomic E-state index is 11.4. The molecule has 1 atom stereocenters. The van der Waals surface area contributed by atoms with Crippen molar-refractivity contribution in [3.63, 3.8) is 0 Å². The van der Waals surface area contributed by atoms with Crippen molar-refractivity contribution in [1.82, 2.24) is 5.32 Å². The zero-order valence-corrected chi connectivity index (χ0v) is 8.75. The number of nitrogens with one attached hydrogen (secondary N) is 1. The predicted octanol–water partition coefficient (Wildman–Crippen LogP) is 1.37. The van der Waals surface area contributed by atoms with E-state index in [4.69, 9.17) is 5.11 Å².